The average molecular weight is 385 g/mol. The van der Waals surface area contributed by atoms with Gasteiger partial charge >= 0.3 is 5.97 Å². The number of aryl methyl sites for hydroxylation is 1. The second-order valence-electron chi connectivity index (χ2n) is 6.60. The zero-order chi connectivity index (χ0) is 20.4. The molecule has 0 aliphatic carbocycles. The fraction of sp³-hybridized carbons (Fsp3) is 0.350. The van der Waals surface area contributed by atoms with Crippen LogP contribution in [0.4, 0.5) is 11.4 Å². The Morgan fingerprint density at radius 1 is 1.29 bits per heavy atom. The fourth-order valence-corrected chi connectivity index (χ4v) is 3.09. The van der Waals surface area contributed by atoms with E-state index >= 15 is 0 Å². The van der Waals surface area contributed by atoms with Crippen molar-refractivity contribution in [2.45, 2.75) is 40.3 Å². The van der Waals surface area contributed by atoms with E-state index in [0.29, 0.717) is 35.0 Å². The van der Waals surface area contributed by atoms with Crippen LogP contribution >= 0.6 is 0 Å². The summed E-state index contributed by atoms with van der Waals surface area (Å²) >= 11 is 0. The molecule has 1 aromatic carbocycles. The lowest BCUT2D eigenvalue weighted by Gasteiger charge is -2.23. The van der Waals surface area contributed by atoms with Gasteiger partial charge in [-0.05, 0) is 52.0 Å². The van der Waals surface area contributed by atoms with E-state index in [4.69, 9.17) is 9.47 Å². The van der Waals surface area contributed by atoms with Crippen molar-refractivity contribution in [3.63, 3.8) is 0 Å². The van der Waals surface area contributed by atoms with Crippen LogP contribution in [-0.2, 0) is 20.9 Å². The molecule has 0 spiro atoms. The highest BCUT2D eigenvalue weighted by atomic mass is 16.5. The molecule has 28 heavy (non-hydrogen) atoms. The van der Waals surface area contributed by atoms with Crippen molar-refractivity contribution in [1.82, 2.24) is 4.57 Å². The summed E-state index contributed by atoms with van der Waals surface area (Å²) in [5.41, 5.74) is 2.96. The van der Waals surface area contributed by atoms with Crippen molar-refractivity contribution in [3.8, 4) is 5.75 Å². The maximum Gasteiger partial charge on any atom is 0.339 e. The van der Waals surface area contributed by atoms with Crippen molar-refractivity contribution in [2.75, 3.05) is 17.2 Å². The third-order valence-corrected chi connectivity index (χ3v) is 4.56. The molecule has 1 aliphatic heterocycles. The van der Waals surface area contributed by atoms with Crippen LogP contribution in [0.5, 0.6) is 5.75 Å². The summed E-state index contributed by atoms with van der Waals surface area (Å²) in [5, 5.41) is 5.55. The van der Waals surface area contributed by atoms with Crippen LogP contribution in [0.15, 0.2) is 24.3 Å². The van der Waals surface area contributed by atoms with Crippen molar-refractivity contribution in [3.05, 3.63) is 41.2 Å². The first kappa shape index (κ1) is 19.5. The van der Waals surface area contributed by atoms with Gasteiger partial charge in [-0.2, -0.15) is 0 Å². The van der Waals surface area contributed by atoms with Crippen molar-refractivity contribution < 1.29 is 23.9 Å². The predicted octanol–water partition coefficient (Wildman–Crippen LogP) is 2.64. The number of amides is 2. The van der Waals surface area contributed by atoms with Crippen LogP contribution in [0.25, 0.3) is 0 Å². The molecule has 1 atom stereocenters. The molecule has 2 N–H and O–H groups in total. The number of nitrogens with one attached hydrogen (secondary N) is 2. The first-order valence-corrected chi connectivity index (χ1v) is 9.05. The highest BCUT2D eigenvalue weighted by molar-refractivity contribution is 5.99. The van der Waals surface area contributed by atoms with E-state index in [2.05, 4.69) is 10.6 Å². The van der Waals surface area contributed by atoms with Gasteiger partial charge in [0.15, 0.2) is 6.10 Å². The van der Waals surface area contributed by atoms with Gasteiger partial charge in [0.05, 0.1) is 17.9 Å². The van der Waals surface area contributed by atoms with Gasteiger partial charge in [-0.3, -0.25) is 9.59 Å². The number of anilines is 2. The van der Waals surface area contributed by atoms with Crippen LogP contribution in [-0.4, -0.2) is 35.1 Å². The molecule has 3 rings (SSSR count). The second-order valence-corrected chi connectivity index (χ2v) is 6.60. The van der Waals surface area contributed by atoms with Crippen LogP contribution < -0.4 is 15.4 Å². The summed E-state index contributed by atoms with van der Waals surface area (Å²) in [6.07, 6.45) is -0.554. The van der Waals surface area contributed by atoms with E-state index in [-0.39, 0.29) is 18.4 Å². The molecule has 8 heteroatoms. The zero-order valence-electron chi connectivity index (χ0n) is 16.3. The quantitative estimate of drug-likeness (QED) is 0.771. The van der Waals surface area contributed by atoms with Gasteiger partial charge in [0.25, 0.3) is 5.91 Å². The van der Waals surface area contributed by atoms with E-state index in [1.807, 2.05) is 6.92 Å². The second kappa shape index (κ2) is 7.75. The number of ether oxygens (including phenoxy) is 2. The number of rotatable bonds is 5. The molecule has 2 heterocycles. The Labute approximate surface area is 162 Å². The molecule has 2 amide bonds. The molecule has 1 aromatic heterocycles. The minimum absolute atomic E-state index is 0.0497. The van der Waals surface area contributed by atoms with E-state index < -0.39 is 12.1 Å². The summed E-state index contributed by atoms with van der Waals surface area (Å²) in [4.78, 5) is 36.3. The molecule has 0 fully saturated rings. The molecule has 2 aromatic rings. The molecule has 0 saturated carbocycles. The molecule has 1 aliphatic rings. The number of hydrogen-bond donors (Lipinski definition) is 2. The Bertz CT molecular complexity index is 948. The lowest BCUT2D eigenvalue weighted by Crippen LogP contribution is -2.34. The summed E-state index contributed by atoms with van der Waals surface area (Å²) in [5.74, 6) is -0.335. The van der Waals surface area contributed by atoms with Gasteiger partial charge in [0.1, 0.15) is 12.3 Å². The number of benzene rings is 1. The summed E-state index contributed by atoms with van der Waals surface area (Å²) < 4.78 is 12.3. The Balaban J connectivity index is 1.72. The summed E-state index contributed by atoms with van der Waals surface area (Å²) in [6.45, 7) is 7.36. The topological polar surface area (TPSA) is 98.7 Å². The molecule has 0 radical (unpaired) electrons. The third kappa shape index (κ3) is 3.85. The number of nitrogens with zero attached hydrogens (tertiary/aromatic N) is 1. The van der Waals surface area contributed by atoms with Gasteiger partial charge in [-0.1, -0.05) is 0 Å². The zero-order valence-corrected chi connectivity index (χ0v) is 16.3. The lowest BCUT2D eigenvalue weighted by molar-refractivity contribution is -0.122. The third-order valence-electron chi connectivity index (χ3n) is 4.56. The predicted molar refractivity (Wildman–Crippen MR) is 104 cm³/mol. The van der Waals surface area contributed by atoms with E-state index in [9.17, 15) is 14.4 Å². The Kier molecular flexibility index (Phi) is 5.39. The highest BCUT2D eigenvalue weighted by Crippen LogP contribution is 2.32. The monoisotopic (exact) mass is 385 g/mol. The van der Waals surface area contributed by atoms with Crippen LogP contribution in [0.2, 0.25) is 0 Å². The first-order valence-electron chi connectivity index (χ1n) is 9.05. The Morgan fingerprint density at radius 2 is 2.04 bits per heavy atom. The van der Waals surface area contributed by atoms with Crippen LogP contribution in [0, 0.1) is 13.8 Å². The molecular formula is C20H23N3O5. The maximum absolute atomic E-state index is 12.5. The standard InChI is InChI=1S/C20H23N3O5/c1-5-27-20(26)15-8-11(2)23(12(15)3)10-18(24)21-14-6-7-17-16(9-14)22-19(25)13(4)28-17/h6-9,13H,5,10H2,1-4H3,(H,21,24)(H,22,25)/t13-/m1/s1. The largest absolute Gasteiger partial charge is 0.479 e. The van der Waals surface area contributed by atoms with Gasteiger partial charge in [0.2, 0.25) is 5.91 Å². The molecule has 148 valence electrons. The summed E-state index contributed by atoms with van der Waals surface area (Å²) in [6, 6.07) is 6.77. The number of hydrogen-bond acceptors (Lipinski definition) is 5. The molecule has 0 unspecified atom stereocenters. The first-order chi connectivity index (χ1) is 13.3. The van der Waals surface area contributed by atoms with Gasteiger partial charge in [-0.15, -0.1) is 0 Å². The number of aromatic nitrogens is 1. The van der Waals surface area contributed by atoms with Crippen molar-refractivity contribution >= 4 is 29.2 Å². The highest BCUT2D eigenvalue weighted by Gasteiger charge is 2.24. The fourth-order valence-electron chi connectivity index (χ4n) is 3.09. The van der Waals surface area contributed by atoms with Crippen molar-refractivity contribution in [2.24, 2.45) is 0 Å². The maximum atomic E-state index is 12.5. The van der Waals surface area contributed by atoms with Gasteiger partial charge in [-0.25, -0.2) is 4.79 Å². The molecular weight excluding hydrogens is 362 g/mol. The van der Waals surface area contributed by atoms with Crippen LogP contribution in [0.3, 0.4) is 0 Å². The minimum atomic E-state index is -0.554. The number of carbonyl (C=O) groups is 3. The van der Waals surface area contributed by atoms with Crippen LogP contribution in [0.1, 0.15) is 35.6 Å². The van der Waals surface area contributed by atoms with Gasteiger partial charge < -0.3 is 24.7 Å². The normalized spacial score (nSPS) is 15.3. The lowest BCUT2D eigenvalue weighted by atomic mass is 10.2. The van der Waals surface area contributed by atoms with Crippen molar-refractivity contribution in [1.29, 1.82) is 0 Å². The van der Waals surface area contributed by atoms with E-state index in [0.717, 1.165) is 5.69 Å². The van der Waals surface area contributed by atoms with E-state index in [1.165, 1.54) is 0 Å². The number of esters is 1. The van der Waals surface area contributed by atoms with E-state index in [1.54, 1.807) is 49.6 Å². The molecule has 0 saturated heterocycles. The number of fused-ring (bicyclic) bond motifs is 1. The molecule has 8 nitrogen and oxygen atoms in total. The Morgan fingerprint density at radius 3 is 2.75 bits per heavy atom. The van der Waals surface area contributed by atoms with Gasteiger partial charge in [0, 0.05) is 17.1 Å². The smallest absolute Gasteiger partial charge is 0.339 e. The summed E-state index contributed by atoms with van der Waals surface area (Å²) in [7, 11) is 0. The molecule has 0 bridgehead atoms. The SMILES string of the molecule is CCOC(=O)c1cc(C)n(CC(=O)Nc2ccc3c(c2)NC(=O)[C@@H](C)O3)c1C. The average Bonchev–Trinajstić information content (AvgIpc) is 2.91. The Hall–Kier alpha value is -3.29. The minimum Gasteiger partial charge on any atom is -0.479 e. The number of carbonyl (C=O) groups excluding carboxylic acids is 3.